The van der Waals surface area contributed by atoms with Crippen LogP contribution in [-0.2, 0) is 0 Å². The molecule has 1 N–H and O–H groups in total. The summed E-state index contributed by atoms with van der Waals surface area (Å²) in [6, 6.07) is 0. The molecule has 0 aliphatic heterocycles. The second kappa shape index (κ2) is 5.69. The lowest BCUT2D eigenvalue weighted by molar-refractivity contribution is 0.773. The van der Waals surface area contributed by atoms with Crippen molar-refractivity contribution in [1.82, 2.24) is 5.32 Å². The van der Waals surface area contributed by atoms with Crippen LogP contribution in [0, 0.1) is 0 Å². The van der Waals surface area contributed by atoms with Crippen LogP contribution in [0.5, 0.6) is 0 Å². The highest BCUT2D eigenvalue weighted by Gasteiger charge is 1.72. The lowest BCUT2D eigenvalue weighted by Crippen LogP contribution is -2.14. The topological polar surface area (TPSA) is 12.0 Å². The van der Waals surface area contributed by atoms with Crippen molar-refractivity contribution >= 4 is 22.6 Å². The van der Waals surface area contributed by atoms with Crippen molar-refractivity contribution in [3.8, 4) is 0 Å². The van der Waals surface area contributed by atoms with E-state index in [1.165, 1.54) is 4.43 Å². The Bertz CT molecular complexity index is 19.5. The molecule has 0 saturated carbocycles. The zero-order valence-electron chi connectivity index (χ0n) is 4.00. The fourth-order valence-electron chi connectivity index (χ4n) is 0.244. The second-order valence-electron chi connectivity index (χ2n) is 1.04. The fraction of sp³-hybridized carbons (Fsp3) is 1.00. The van der Waals surface area contributed by atoms with Gasteiger partial charge in [0.1, 0.15) is 0 Å². The van der Waals surface area contributed by atoms with Crippen LogP contribution in [0.4, 0.5) is 0 Å². The zero-order valence-corrected chi connectivity index (χ0v) is 6.16. The van der Waals surface area contributed by atoms with Crippen LogP contribution < -0.4 is 5.32 Å². The molecule has 0 spiro atoms. The van der Waals surface area contributed by atoms with Crippen molar-refractivity contribution in [2.45, 2.75) is 6.92 Å². The largest absolute Gasteiger partial charge is 0.316 e. The third-order valence-electron chi connectivity index (χ3n) is 0.521. The molecule has 2 heteroatoms. The van der Waals surface area contributed by atoms with Crippen LogP contribution in [-0.4, -0.2) is 17.5 Å². The van der Waals surface area contributed by atoms with Gasteiger partial charge in [-0.05, 0) is 6.54 Å². The Morgan fingerprint density at radius 3 is 2.50 bits per heavy atom. The van der Waals surface area contributed by atoms with Crippen molar-refractivity contribution in [3.05, 3.63) is 0 Å². The van der Waals surface area contributed by atoms with Gasteiger partial charge in [-0.2, -0.15) is 0 Å². The Labute approximate surface area is 52.6 Å². The van der Waals surface area contributed by atoms with Crippen molar-refractivity contribution in [3.63, 3.8) is 0 Å². The Morgan fingerprint density at radius 1 is 1.67 bits per heavy atom. The van der Waals surface area contributed by atoms with E-state index in [4.69, 9.17) is 0 Å². The maximum Gasteiger partial charge on any atom is 0.0121 e. The standard InChI is InChI=1S/C4H10IN/c1-2-6-4-3-5/h6H,2-4H2,1H3. The minimum Gasteiger partial charge on any atom is -0.316 e. The summed E-state index contributed by atoms with van der Waals surface area (Å²) in [7, 11) is 0. The van der Waals surface area contributed by atoms with Gasteiger partial charge in [-0.25, -0.2) is 0 Å². The van der Waals surface area contributed by atoms with Gasteiger partial charge in [-0.1, -0.05) is 29.5 Å². The molecule has 0 unspecified atom stereocenters. The highest BCUT2D eigenvalue weighted by molar-refractivity contribution is 14.1. The molecule has 6 heavy (non-hydrogen) atoms. The van der Waals surface area contributed by atoms with E-state index in [-0.39, 0.29) is 0 Å². The molecule has 0 saturated heterocycles. The number of nitrogens with one attached hydrogen (secondary N) is 1. The summed E-state index contributed by atoms with van der Waals surface area (Å²) in [5, 5.41) is 3.19. The van der Waals surface area contributed by atoms with E-state index in [2.05, 4.69) is 34.8 Å². The maximum atomic E-state index is 3.19. The maximum absolute atomic E-state index is 3.19. The van der Waals surface area contributed by atoms with E-state index in [1.807, 2.05) is 0 Å². The number of alkyl halides is 1. The normalized spacial score (nSPS) is 9.00. The summed E-state index contributed by atoms with van der Waals surface area (Å²) < 4.78 is 1.21. The average Bonchev–Trinajstić information content (AvgIpc) is 1.61. The molecule has 0 atom stereocenters. The van der Waals surface area contributed by atoms with E-state index in [1.54, 1.807) is 0 Å². The van der Waals surface area contributed by atoms with Gasteiger partial charge in [0.05, 0.1) is 0 Å². The molecular formula is C4H10IN. The molecule has 0 aromatic carbocycles. The number of hydrogen-bond donors (Lipinski definition) is 1. The van der Waals surface area contributed by atoms with Gasteiger partial charge in [0.25, 0.3) is 0 Å². The molecule has 0 amide bonds. The summed E-state index contributed by atoms with van der Waals surface area (Å²) in [5.41, 5.74) is 0. The first-order valence-corrected chi connectivity index (χ1v) is 3.71. The summed E-state index contributed by atoms with van der Waals surface area (Å²) >= 11 is 2.35. The molecule has 0 rings (SSSR count). The Hall–Kier alpha value is 0.690. The predicted molar refractivity (Wildman–Crippen MR) is 37.4 cm³/mol. The van der Waals surface area contributed by atoms with Crippen molar-refractivity contribution in [2.24, 2.45) is 0 Å². The van der Waals surface area contributed by atoms with Gasteiger partial charge in [-0.3, -0.25) is 0 Å². The van der Waals surface area contributed by atoms with Crippen LogP contribution in [0.3, 0.4) is 0 Å². The summed E-state index contributed by atoms with van der Waals surface area (Å²) in [5.74, 6) is 0. The molecule has 1 nitrogen and oxygen atoms in total. The first-order valence-electron chi connectivity index (χ1n) is 2.18. The number of hydrogen-bond acceptors (Lipinski definition) is 1. The van der Waals surface area contributed by atoms with Crippen LogP contribution in [0.2, 0.25) is 0 Å². The van der Waals surface area contributed by atoms with E-state index in [0.717, 1.165) is 13.1 Å². The second-order valence-corrected chi connectivity index (χ2v) is 2.12. The quantitative estimate of drug-likeness (QED) is 0.406. The molecule has 0 aromatic heterocycles. The Balaban J connectivity index is 2.34. The minimum absolute atomic E-state index is 1.10. The van der Waals surface area contributed by atoms with Gasteiger partial charge >= 0.3 is 0 Å². The predicted octanol–water partition coefficient (Wildman–Crippen LogP) is 1.03. The molecular weight excluding hydrogens is 189 g/mol. The van der Waals surface area contributed by atoms with Crippen molar-refractivity contribution in [2.75, 3.05) is 17.5 Å². The smallest absolute Gasteiger partial charge is 0.0121 e. The first kappa shape index (κ1) is 6.69. The van der Waals surface area contributed by atoms with Crippen molar-refractivity contribution in [1.29, 1.82) is 0 Å². The van der Waals surface area contributed by atoms with Crippen LogP contribution in [0.15, 0.2) is 0 Å². The van der Waals surface area contributed by atoms with E-state index in [0.29, 0.717) is 0 Å². The van der Waals surface area contributed by atoms with Gasteiger partial charge in [0.2, 0.25) is 0 Å². The van der Waals surface area contributed by atoms with Gasteiger partial charge in [-0.15, -0.1) is 0 Å². The Morgan fingerprint density at radius 2 is 2.33 bits per heavy atom. The van der Waals surface area contributed by atoms with Crippen molar-refractivity contribution < 1.29 is 0 Å². The third-order valence-corrected chi connectivity index (χ3v) is 1.06. The molecule has 0 fully saturated rings. The molecule has 0 aromatic rings. The van der Waals surface area contributed by atoms with Gasteiger partial charge in [0.15, 0.2) is 0 Å². The minimum atomic E-state index is 1.10. The van der Waals surface area contributed by atoms with Crippen LogP contribution in [0.25, 0.3) is 0 Å². The lowest BCUT2D eigenvalue weighted by atomic mass is 10.7. The summed E-state index contributed by atoms with van der Waals surface area (Å²) in [4.78, 5) is 0. The monoisotopic (exact) mass is 199 g/mol. The summed E-state index contributed by atoms with van der Waals surface area (Å²) in [6.45, 7) is 4.37. The first-order chi connectivity index (χ1) is 2.91. The number of rotatable bonds is 3. The van der Waals surface area contributed by atoms with Gasteiger partial charge < -0.3 is 5.32 Å². The fourth-order valence-corrected chi connectivity index (χ4v) is 0.625. The third kappa shape index (κ3) is 4.69. The molecule has 0 bridgehead atoms. The molecule has 0 aliphatic rings. The molecule has 38 valence electrons. The highest BCUT2D eigenvalue weighted by Crippen LogP contribution is 1.73. The average molecular weight is 199 g/mol. The Kier molecular flexibility index (Phi) is 6.34. The SMILES string of the molecule is CCNCCI. The molecule has 0 heterocycles. The molecule has 0 aliphatic carbocycles. The molecule has 0 radical (unpaired) electrons. The van der Waals surface area contributed by atoms with Crippen LogP contribution in [0.1, 0.15) is 6.92 Å². The number of halogens is 1. The van der Waals surface area contributed by atoms with E-state index >= 15 is 0 Å². The van der Waals surface area contributed by atoms with Crippen LogP contribution >= 0.6 is 22.6 Å². The zero-order chi connectivity index (χ0) is 4.83. The highest BCUT2D eigenvalue weighted by atomic mass is 127. The van der Waals surface area contributed by atoms with E-state index in [9.17, 15) is 0 Å². The lowest BCUT2D eigenvalue weighted by Gasteiger charge is -1.90. The summed E-state index contributed by atoms with van der Waals surface area (Å²) in [6.07, 6.45) is 0. The van der Waals surface area contributed by atoms with Gasteiger partial charge in [0, 0.05) is 11.0 Å². The van der Waals surface area contributed by atoms with E-state index < -0.39 is 0 Å².